The van der Waals surface area contributed by atoms with Crippen LogP contribution < -0.4 is 5.32 Å². The maximum Gasteiger partial charge on any atom is 0.258 e. The van der Waals surface area contributed by atoms with Crippen molar-refractivity contribution in [2.24, 2.45) is 0 Å². The summed E-state index contributed by atoms with van der Waals surface area (Å²) >= 11 is 0. The van der Waals surface area contributed by atoms with Gasteiger partial charge in [-0.05, 0) is 29.8 Å². The minimum Gasteiger partial charge on any atom is -0.360 e. The Labute approximate surface area is 149 Å². The van der Waals surface area contributed by atoms with Gasteiger partial charge in [0.05, 0.1) is 11.3 Å². The zero-order chi connectivity index (χ0) is 18.1. The van der Waals surface area contributed by atoms with Gasteiger partial charge in [0.1, 0.15) is 6.17 Å². The van der Waals surface area contributed by atoms with Gasteiger partial charge in [-0.15, -0.1) is 0 Å². The van der Waals surface area contributed by atoms with Gasteiger partial charge in [0, 0.05) is 24.5 Å². The zero-order valence-electron chi connectivity index (χ0n) is 13.7. The Morgan fingerprint density at radius 1 is 1.00 bits per heavy atom. The number of rotatable bonds is 4. The summed E-state index contributed by atoms with van der Waals surface area (Å²) in [6.07, 6.45) is 1.04. The monoisotopic (exact) mass is 351 g/mol. The molecular weight excluding hydrogens is 336 g/mol. The van der Waals surface area contributed by atoms with Crippen LogP contribution in [0.2, 0.25) is 0 Å². The molecule has 6 heteroatoms. The van der Waals surface area contributed by atoms with Crippen molar-refractivity contribution in [3.8, 4) is 0 Å². The Bertz CT molecular complexity index is 962. The van der Waals surface area contributed by atoms with Crippen LogP contribution in [-0.4, -0.2) is 15.8 Å². The normalized spacial score (nSPS) is 15.8. The van der Waals surface area contributed by atoms with Crippen LogP contribution in [0.25, 0.3) is 0 Å². The Morgan fingerprint density at radius 2 is 1.81 bits per heavy atom. The minimum atomic E-state index is -0.949. The number of fused-ring (bicyclic) bond motifs is 1. The molecule has 0 saturated heterocycles. The summed E-state index contributed by atoms with van der Waals surface area (Å²) in [5, 5.41) is 3.10. The summed E-state index contributed by atoms with van der Waals surface area (Å²) in [7, 11) is 0. The number of pyridine rings is 1. The summed E-state index contributed by atoms with van der Waals surface area (Å²) in [6, 6.07) is 16.5. The number of nitrogens with one attached hydrogen (secondary N) is 1. The number of amides is 1. The molecule has 0 spiro atoms. The van der Waals surface area contributed by atoms with Crippen molar-refractivity contribution in [3.63, 3.8) is 0 Å². The van der Waals surface area contributed by atoms with Gasteiger partial charge in [-0.25, -0.2) is 8.78 Å². The summed E-state index contributed by atoms with van der Waals surface area (Å²) in [6.45, 7) is 0.372. The number of hydrogen-bond acceptors (Lipinski definition) is 3. The van der Waals surface area contributed by atoms with Crippen LogP contribution in [0.4, 0.5) is 14.5 Å². The van der Waals surface area contributed by atoms with Crippen LogP contribution in [0, 0.1) is 11.6 Å². The first-order valence-corrected chi connectivity index (χ1v) is 8.15. The summed E-state index contributed by atoms with van der Waals surface area (Å²) < 4.78 is 26.8. The molecular formula is C20H15F2N3O. The molecule has 2 aromatic carbocycles. The van der Waals surface area contributed by atoms with Crippen molar-refractivity contribution >= 4 is 11.6 Å². The van der Waals surface area contributed by atoms with Crippen LogP contribution in [0.3, 0.4) is 0 Å². The summed E-state index contributed by atoms with van der Waals surface area (Å²) in [5.74, 6) is -2.02. The molecule has 4 rings (SSSR count). The van der Waals surface area contributed by atoms with Crippen molar-refractivity contribution in [2.45, 2.75) is 12.7 Å². The molecule has 0 radical (unpaired) electrons. The van der Waals surface area contributed by atoms with Crippen molar-refractivity contribution in [2.75, 3.05) is 5.32 Å². The van der Waals surface area contributed by atoms with E-state index >= 15 is 0 Å². The smallest absolute Gasteiger partial charge is 0.258 e. The van der Waals surface area contributed by atoms with E-state index in [2.05, 4.69) is 10.3 Å². The number of nitrogens with zero attached hydrogens (tertiary/aromatic N) is 2. The van der Waals surface area contributed by atoms with Gasteiger partial charge in [0.15, 0.2) is 11.6 Å². The quantitative estimate of drug-likeness (QED) is 0.769. The molecule has 0 aliphatic carbocycles. The number of aromatic nitrogens is 1. The molecule has 3 aromatic rings. The van der Waals surface area contributed by atoms with E-state index < -0.39 is 17.8 Å². The van der Waals surface area contributed by atoms with E-state index in [0.717, 1.165) is 17.7 Å². The molecule has 0 fully saturated rings. The number of anilines is 1. The van der Waals surface area contributed by atoms with Crippen molar-refractivity contribution < 1.29 is 13.6 Å². The highest BCUT2D eigenvalue weighted by molar-refractivity contribution is 5.98. The highest BCUT2D eigenvalue weighted by atomic mass is 19.2. The molecule has 0 bridgehead atoms. The average Bonchev–Trinajstić information content (AvgIpc) is 2.92. The largest absolute Gasteiger partial charge is 0.360 e. The predicted molar refractivity (Wildman–Crippen MR) is 93.3 cm³/mol. The van der Waals surface area contributed by atoms with Crippen molar-refractivity contribution in [3.05, 3.63) is 95.3 Å². The van der Waals surface area contributed by atoms with E-state index in [0.29, 0.717) is 23.5 Å². The first kappa shape index (κ1) is 16.2. The molecule has 0 unspecified atom stereocenters. The van der Waals surface area contributed by atoms with E-state index in [1.165, 1.54) is 6.07 Å². The third kappa shape index (κ3) is 2.90. The second-order valence-corrected chi connectivity index (χ2v) is 6.03. The second-order valence-electron chi connectivity index (χ2n) is 6.03. The number of carbonyl (C=O) groups excluding carboxylic acids is 1. The van der Waals surface area contributed by atoms with Gasteiger partial charge in [0.25, 0.3) is 5.91 Å². The van der Waals surface area contributed by atoms with Crippen LogP contribution in [0.15, 0.2) is 66.9 Å². The average molecular weight is 351 g/mol. The molecule has 1 N–H and O–H groups in total. The van der Waals surface area contributed by atoms with E-state index in [-0.39, 0.29) is 5.91 Å². The lowest BCUT2D eigenvalue weighted by Crippen LogP contribution is -2.32. The first-order valence-electron chi connectivity index (χ1n) is 8.15. The van der Waals surface area contributed by atoms with Gasteiger partial charge in [-0.3, -0.25) is 9.78 Å². The number of hydrogen-bond donors (Lipinski definition) is 1. The molecule has 1 atom stereocenters. The molecule has 1 amide bonds. The Morgan fingerprint density at radius 3 is 2.58 bits per heavy atom. The predicted octanol–water partition coefficient (Wildman–Crippen LogP) is 4.13. The fourth-order valence-electron chi connectivity index (χ4n) is 3.07. The molecule has 2 heterocycles. The molecule has 1 aliphatic rings. The SMILES string of the molecule is O=C1c2cccnc2[C@H](Nc2ccc(F)c(F)c2)N1Cc1ccccc1. The lowest BCUT2D eigenvalue weighted by Gasteiger charge is -2.26. The van der Waals surface area contributed by atoms with Crippen molar-refractivity contribution in [1.29, 1.82) is 0 Å². The summed E-state index contributed by atoms with van der Waals surface area (Å²) in [4.78, 5) is 18.8. The Balaban J connectivity index is 1.69. The molecule has 26 heavy (non-hydrogen) atoms. The van der Waals surface area contributed by atoms with Gasteiger partial charge < -0.3 is 10.2 Å². The van der Waals surface area contributed by atoms with Gasteiger partial charge in [-0.1, -0.05) is 30.3 Å². The van der Waals surface area contributed by atoms with Gasteiger partial charge in [0.2, 0.25) is 0 Å². The fourth-order valence-corrected chi connectivity index (χ4v) is 3.07. The topological polar surface area (TPSA) is 45.2 Å². The van der Waals surface area contributed by atoms with E-state index in [4.69, 9.17) is 0 Å². The maximum atomic E-state index is 13.6. The lowest BCUT2D eigenvalue weighted by molar-refractivity contribution is 0.0727. The fraction of sp³-hybridized carbons (Fsp3) is 0.100. The maximum absolute atomic E-state index is 13.6. The number of halogens is 2. The van der Waals surface area contributed by atoms with E-state index in [1.807, 2.05) is 30.3 Å². The Hall–Kier alpha value is -3.28. The van der Waals surface area contributed by atoms with Crippen LogP contribution >= 0.6 is 0 Å². The highest BCUT2D eigenvalue weighted by Gasteiger charge is 2.37. The molecule has 0 saturated carbocycles. The highest BCUT2D eigenvalue weighted by Crippen LogP contribution is 2.34. The molecule has 1 aromatic heterocycles. The third-order valence-corrected chi connectivity index (χ3v) is 4.32. The van der Waals surface area contributed by atoms with Crippen LogP contribution in [0.5, 0.6) is 0 Å². The van der Waals surface area contributed by atoms with E-state index in [9.17, 15) is 13.6 Å². The molecule has 1 aliphatic heterocycles. The van der Waals surface area contributed by atoms with Crippen LogP contribution in [-0.2, 0) is 6.54 Å². The third-order valence-electron chi connectivity index (χ3n) is 4.32. The summed E-state index contributed by atoms with van der Waals surface area (Å²) in [5.41, 5.74) is 2.41. The first-order chi connectivity index (χ1) is 12.6. The van der Waals surface area contributed by atoms with Gasteiger partial charge >= 0.3 is 0 Å². The van der Waals surface area contributed by atoms with Crippen LogP contribution in [0.1, 0.15) is 27.8 Å². The van der Waals surface area contributed by atoms with E-state index in [1.54, 1.807) is 23.2 Å². The van der Waals surface area contributed by atoms with Crippen molar-refractivity contribution in [1.82, 2.24) is 9.88 Å². The second kappa shape index (κ2) is 6.55. The Kier molecular flexibility index (Phi) is 4.08. The lowest BCUT2D eigenvalue weighted by atomic mass is 10.2. The zero-order valence-corrected chi connectivity index (χ0v) is 13.7. The molecule has 130 valence electrons. The standard InChI is InChI=1S/C20H15F2N3O/c21-16-9-8-14(11-17(16)22)24-19-18-15(7-4-10-23-18)20(26)25(19)12-13-5-2-1-3-6-13/h1-11,19,24H,12H2/t19-/m1/s1. The van der Waals surface area contributed by atoms with Gasteiger partial charge in [-0.2, -0.15) is 0 Å². The number of carbonyl (C=O) groups is 1. The molecule has 4 nitrogen and oxygen atoms in total. The minimum absolute atomic E-state index is 0.156. The number of benzene rings is 2.